The van der Waals surface area contributed by atoms with E-state index >= 15 is 0 Å². The van der Waals surface area contributed by atoms with E-state index in [1.165, 1.54) is 24.5 Å². The van der Waals surface area contributed by atoms with Gasteiger partial charge in [0.2, 0.25) is 5.88 Å². The fraction of sp³-hybridized carbons (Fsp3) is 0.423. The molecular weight excluding hydrogens is 561 g/mol. The summed E-state index contributed by atoms with van der Waals surface area (Å²) >= 11 is 0.789. The van der Waals surface area contributed by atoms with E-state index in [-0.39, 0.29) is 33.9 Å². The lowest BCUT2D eigenvalue weighted by molar-refractivity contribution is -0.140. The SMILES string of the molecule is CCNC(=O)Nc1cc(-c2nc(C(F)(F)F)cs2)c(-c2cc(C(=O)NN)cnc2OC2C[C@H]3CC[C@@H](C2)N3C)cn1. The molecule has 2 bridgehead atoms. The Balaban J connectivity index is 1.60. The third kappa shape index (κ3) is 6.11. The van der Waals surface area contributed by atoms with E-state index in [1.54, 1.807) is 6.92 Å². The molecule has 3 atom stereocenters. The molecule has 0 spiro atoms. The number of ether oxygens (including phenoxy) is 1. The number of alkyl halides is 3. The molecule has 0 aromatic carbocycles. The topological polar surface area (TPSA) is 147 Å². The summed E-state index contributed by atoms with van der Waals surface area (Å²) in [7, 11) is 2.11. The van der Waals surface area contributed by atoms with E-state index in [2.05, 4.69) is 43.0 Å². The standard InChI is InChI=1S/C26H29F3N8O3S/c1-3-31-25(39)35-21-9-18(24-34-20(12-41-24)26(27,28)29)19(11-32-21)17-6-13(22(38)36-30)10-33-23(17)40-16-7-14-4-5-15(8-16)37(14)2/h6,9-12,14-16H,3-5,7-8,30H2,1-2H3,(H,36,38)(H2,31,32,35,39)/t14-,15+,16?. The molecule has 0 radical (unpaired) electrons. The van der Waals surface area contributed by atoms with E-state index in [4.69, 9.17) is 10.6 Å². The number of amides is 3. The number of hydrazine groups is 1. The van der Waals surface area contributed by atoms with Crippen LogP contribution >= 0.6 is 11.3 Å². The molecule has 15 heteroatoms. The molecule has 5 heterocycles. The number of pyridine rings is 2. The summed E-state index contributed by atoms with van der Waals surface area (Å²) in [6.45, 7) is 2.10. The molecule has 41 heavy (non-hydrogen) atoms. The number of nitrogens with two attached hydrogens (primary N) is 1. The van der Waals surface area contributed by atoms with Crippen LogP contribution in [-0.4, -0.2) is 63.6 Å². The molecule has 2 aliphatic rings. The molecule has 3 aromatic heterocycles. The largest absolute Gasteiger partial charge is 0.474 e. The second-order valence-corrected chi connectivity index (χ2v) is 10.8. The number of carbonyl (C=O) groups excluding carboxylic acids is 2. The first-order chi connectivity index (χ1) is 19.6. The van der Waals surface area contributed by atoms with E-state index in [9.17, 15) is 22.8 Å². The molecule has 5 N–H and O–H groups in total. The fourth-order valence-corrected chi connectivity index (χ4v) is 6.18. The number of hydrogen-bond donors (Lipinski definition) is 4. The van der Waals surface area contributed by atoms with Gasteiger partial charge in [-0.05, 0) is 51.8 Å². The predicted molar refractivity (Wildman–Crippen MR) is 146 cm³/mol. The molecule has 218 valence electrons. The highest BCUT2D eigenvalue weighted by atomic mass is 32.1. The number of halogens is 3. The van der Waals surface area contributed by atoms with Gasteiger partial charge in [-0.1, -0.05) is 0 Å². The Labute approximate surface area is 237 Å². The number of nitrogens with one attached hydrogen (secondary N) is 3. The second kappa shape index (κ2) is 11.6. The minimum atomic E-state index is -4.65. The molecule has 3 amide bonds. The third-order valence-corrected chi connectivity index (χ3v) is 8.25. The molecule has 3 aromatic rings. The number of rotatable bonds is 7. The van der Waals surface area contributed by atoms with Crippen LogP contribution in [0, 0.1) is 0 Å². The maximum Gasteiger partial charge on any atom is 0.434 e. The van der Waals surface area contributed by atoms with Crippen molar-refractivity contribution in [1.82, 2.24) is 30.6 Å². The minimum absolute atomic E-state index is 0.0330. The van der Waals surface area contributed by atoms with Gasteiger partial charge in [-0.2, -0.15) is 13.2 Å². The highest BCUT2D eigenvalue weighted by molar-refractivity contribution is 7.13. The molecule has 2 fully saturated rings. The number of aromatic nitrogens is 3. The normalized spacial score (nSPS) is 20.5. The van der Waals surface area contributed by atoms with E-state index < -0.39 is 23.8 Å². The summed E-state index contributed by atoms with van der Waals surface area (Å²) in [5.74, 6) is 5.03. The molecule has 0 saturated carbocycles. The average molecular weight is 591 g/mol. The number of nitrogen functional groups attached to an aromatic ring is 1. The van der Waals surface area contributed by atoms with E-state index in [0.717, 1.165) is 42.4 Å². The summed E-state index contributed by atoms with van der Waals surface area (Å²) in [5.41, 5.74) is 2.02. The number of carbonyl (C=O) groups is 2. The molecule has 0 aliphatic carbocycles. The number of piperidine rings is 1. The monoisotopic (exact) mass is 590 g/mol. The van der Waals surface area contributed by atoms with Crippen molar-refractivity contribution in [2.75, 3.05) is 18.9 Å². The highest BCUT2D eigenvalue weighted by Crippen LogP contribution is 2.42. The number of urea groups is 1. The van der Waals surface area contributed by atoms with Gasteiger partial charge in [-0.3, -0.25) is 15.5 Å². The van der Waals surface area contributed by atoms with Crippen LogP contribution in [0.25, 0.3) is 21.7 Å². The Bertz CT molecular complexity index is 1440. The number of thiazole rings is 1. The van der Waals surface area contributed by atoms with Crippen LogP contribution in [0.15, 0.2) is 29.9 Å². The zero-order chi connectivity index (χ0) is 29.3. The van der Waals surface area contributed by atoms with Crippen LogP contribution in [0.2, 0.25) is 0 Å². The lowest BCUT2D eigenvalue weighted by atomic mass is 9.99. The lowest BCUT2D eigenvalue weighted by Gasteiger charge is -2.36. The summed E-state index contributed by atoms with van der Waals surface area (Å²) in [5, 5.41) is 6.10. The number of fused-ring (bicyclic) bond motifs is 2. The Kier molecular flexibility index (Phi) is 8.11. The van der Waals surface area contributed by atoms with Gasteiger partial charge >= 0.3 is 12.2 Å². The van der Waals surface area contributed by atoms with E-state index in [1.807, 2.05) is 0 Å². The molecule has 2 saturated heterocycles. The van der Waals surface area contributed by atoms with Crippen molar-refractivity contribution >= 4 is 29.1 Å². The first-order valence-corrected chi connectivity index (χ1v) is 13.9. The Morgan fingerprint density at radius 3 is 2.49 bits per heavy atom. The van der Waals surface area contributed by atoms with Crippen molar-refractivity contribution in [3.63, 3.8) is 0 Å². The predicted octanol–water partition coefficient (Wildman–Crippen LogP) is 4.03. The number of nitrogens with zero attached hydrogens (tertiary/aromatic N) is 4. The Morgan fingerprint density at radius 1 is 1.12 bits per heavy atom. The third-order valence-electron chi connectivity index (χ3n) is 7.38. The zero-order valence-corrected chi connectivity index (χ0v) is 23.1. The Morgan fingerprint density at radius 2 is 1.85 bits per heavy atom. The van der Waals surface area contributed by atoms with E-state index in [0.29, 0.717) is 29.8 Å². The van der Waals surface area contributed by atoms with Crippen molar-refractivity contribution < 1.29 is 27.5 Å². The van der Waals surface area contributed by atoms with Crippen molar-refractivity contribution in [1.29, 1.82) is 0 Å². The van der Waals surface area contributed by atoms with Gasteiger partial charge in [0.25, 0.3) is 5.91 Å². The number of anilines is 1. The fourth-order valence-electron chi connectivity index (χ4n) is 5.33. The maximum absolute atomic E-state index is 13.5. The number of hydrogen-bond acceptors (Lipinski definition) is 9. The van der Waals surface area contributed by atoms with Crippen LogP contribution in [0.5, 0.6) is 5.88 Å². The second-order valence-electron chi connectivity index (χ2n) is 9.95. The van der Waals surface area contributed by atoms with Gasteiger partial charge in [0.1, 0.15) is 16.9 Å². The van der Waals surface area contributed by atoms with Gasteiger partial charge in [-0.25, -0.2) is 25.6 Å². The molecular formula is C26H29F3N8O3S. The van der Waals surface area contributed by atoms with Crippen LogP contribution in [0.1, 0.15) is 48.7 Å². The zero-order valence-electron chi connectivity index (χ0n) is 22.3. The van der Waals surface area contributed by atoms with Gasteiger partial charge < -0.3 is 15.0 Å². The van der Waals surface area contributed by atoms with Crippen molar-refractivity contribution in [2.45, 2.75) is 57.0 Å². The van der Waals surface area contributed by atoms with Crippen molar-refractivity contribution in [3.05, 3.63) is 41.2 Å². The molecule has 11 nitrogen and oxygen atoms in total. The minimum Gasteiger partial charge on any atom is -0.474 e. The van der Waals surface area contributed by atoms with Gasteiger partial charge in [-0.15, -0.1) is 11.3 Å². The smallest absolute Gasteiger partial charge is 0.434 e. The van der Waals surface area contributed by atoms with Crippen LogP contribution in [-0.2, 0) is 6.18 Å². The first-order valence-electron chi connectivity index (χ1n) is 13.0. The van der Waals surface area contributed by atoms with Gasteiger partial charge in [0.05, 0.1) is 5.56 Å². The molecule has 5 rings (SSSR count). The van der Waals surface area contributed by atoms with Crippen molar-refractivity contribution in [3.8, 4) is 27.6 Å². The van der Waals surface area contributed by atoms with Gasteiger partial charge in [0.15, 0.2) is 5.69 Å². The molecule has 2 aliphatic heterocycles. The summed E-state index contributed by atoms with van der Waals surface area (Å²) in [6, 6.07) is 3.18. The van der Waals surface area contributed by atoms with Crippen molar-refractivity contribution in [2.24, 2.45) is 5.84 Å². The lowest BCUT2D eigenvalue weighted by Crippen LogP contribution is -2.44. The first kappa shape index (κ1) is 28.7. The van der Waals surface area contributed by atoms with Gasteiger partial charge in [0, 0.05) is 53.1 Å². The van der Waals surface area contributed by atoms with Crippen LogP contribution < -0.4 is 26.6 Å². The summed E-state index contributed by atoms with van der Waals surface area (Å²) in [4.78, 5) is 39.5. The quantitative estimate of drug-likeness (QED) is 0.183. The molecule has 1 unspecified atom stereocenters. The highest BCUT2D eigenvalue weighted by Gasteiger charge is 2.40. The average Bonchev–Trinajstić information content (AvgIpc) is 3.50. The Hall–Kier alpha value is -3.82. The van der Waals surface area contributed by atoms with Crippen LogP contribution in [0.3, 0.4) is 0 Å². The van der Waals surface area contributed by atoms with Crippen LogP contribution in [0.4, 0.5) is 23.8 Å². The summed E-state index contributed by atoms with van der Waals surface area (Å²) < 4.78 is 46.8. The summed E-state index contributed by atoms with van der Waals surface area (Å²) in [6.07, 6.45) is 1.67. The maximum atomic E-state index is 13.5.